The third-order valence-electron chi connectivity index (χ3n) is 3.35. The number of halogens is 5. The van der Waals surface area contributed by atoms with Crippen molar-refractivity contribution in [2.75, 3.05) is 12.4 Å². The third kappa shape index (κ3) is 4.56. The number of aromatic hydroxyl groups is 1. The quantitative estimate of drug-likeness (QED) is 0.366. The van der Waals surface area contributed by atoms with Crippen LogP contribution in [0.1, 0.15) is 10.4 Å². The van der Waals surface area contributed by atoms with Gasteiger partial charge in [-0.15, -0.1) is 0 Å². The van der Waals surface area contributed by atoms with Crippen molar-refractivity contribution >= 4 is 72.3 Å². The highest BCUT2D eigenvalue weighted by Crippen LogP contribution is 2.54. The maximum absolute atomic E-state index is 13.5. The predicted molar refractivity (Wildman–Crippen MR) is 104 cm³/mol. The number of methoxy groups -OCH3 is 1. The van der Waals surface area contributed by atoms with E-state index in [0.717, 1.165) is 12.1 Å². The molecule has 0 bridgehead atoms. The molecule has 2 rings (SSSR count). The van der Waals surface area contributed by atoms with Crippen LogP contribution in [0.25, 0.3) is 0 Å². The maximum Gasteiger partial charge on any atom is 0.255 e. The second kappa shape index (κ2) is 10.6. The third-order valence-corrected chi connectivity index (χ3v) is 6.67. The topological polar surface area (TPSA) is 58.6 Å². The lowest BCUT2D eigenvalue weighted by molar-refractivity contribution is 0.102. The van der Waals surface area contributed by atoms with Gasteiger partial charge in [0.15, 0.2) is 11.5 Å². The first kappa shape index (κ1) is 23.2. The van der Waals surface area contributed by atoms with Crippen LogP contribution in [-0.4, -0.2) is 18.1 Å². The van der Waals surface area contributed by atoms with Crippen LogP contribution in [0.2, 0.25) is 0 Å². The fourth-order valence-corrected chi connectivity index (χ4v) is 4.97. The van der Waals surface area contributed by atoms with Crippen LogP contribution in [0, 0.1) is 0 Å². The number of carbonyl (C=O) groups excluding carboxylic acids is 1. The van der Waals surface area contributed by atoms with Crippen molar-refractivity contribution in [3.05, 3.63) is 23.8 Å². The highest BCUT2D eigenvalue weighted by atomic mass is 32.2. The second-order valence-corrected chi connectivity index (χ2v) is 7.56. The Labute approximate surface area is 178 Å². The number of nitrogens with one attached hydrogen (secondary N) is 1. The van der Waals surface area contributed by atoms with Gasteiger partial charge in [-0.3, -0.25) is 4.79 Å². The first-order valence-corrected chi connectivity index (χ1v) is 10.4. The molecular weight excluding hydrogens is 485 g/mol. The summed E-state index contributed by atoms with van der Waals surface area (Å²) in [6, 6.07) is 3.49. The zero-order valence-corrected chi connectivity index (χ0v) is 17.5. The number of ether oxygens (including phenoxy) is 1. The summed E-state index contributed by atoms with van der Waals surface area (Å²) in [5.41, 5.74) is -0.637. The Morgan fingerprint density at radius 3 is 1.79 bits per heavy atom. The lowest BCUT2D eigenvalue weighted by Crippen LogP contribution is -2.14. The fraction of sp³-hybridized carbons (Fsp3) is 0.0714. The van der Waals surface area contributed by atoms with Crippen molar-refractivity contribution in [2.45, 2.75) is 24.5 Å². The van der Waals surface area contributed by atoms with Gasteiger partial charge in [0.1, 0.15) is 0 Å². The van der Waals surface area contributed by atoms with E-state index in [0.29, 0.717) is 0 Å². The standard InChI is InChI=1S/C14H8F5NO3S5/c1-23-7-4-5(2-3-6(7)21)14(22)20-8-9(24-15)11(26-17)13(28-19)12(27-18)10(8)25-16/h2-4,21H,1H3,(H,20,22). The van der Waals surface area contributed by atoms with E-state index in [9.17, 15) is 29.3 Å². The molecule has 0 aromatic heterocycles. The average Bonchev–Trinajstić information content (AvgIpc) is 2.72. The highest BCUT2D eigenvalue weighted by molar-refractivity contribution is 8.00. The zero-order valence-electron chi connectivity index (χ0n) is 13.4. The molecule has 4 nitrogen and oxygen atoms in total. The van der Waals surface area contributed by atoms with E-state index in [1.807, 2.05) is 0 Å². The number of hydrogen-bond acceptors (Lipinski definition) is 8. The number of amides is 1. The van der Waals surface area contributed by atoms with E-state index in [2.05, 4.69) is 5.32 Å². The molecule has 0 aliphatic rings. The van der Waals surface area contributed by atoms with E-state index < -0.39 is 96.8 Å². The van der Waals surface area contributed by atoms with E-state index >= 15 is 0 Å². The number of benzene rings is 2. The van der Waals surface area contributed by atoms with Gasteiger partial charge in [0.05, 0.1) is 98.0 Å². The largest absolute Gasteiger partial charge is 0.504 e. The molecule has 2 aromatic rings. The summed E-state index contributed by atoms with van der Waals surface area (Å²) in [5, 5.41) is 11.8. The average molecular weight is 494 g/mol. The summed E-state index contributed by atoms with van der Waals surface area (Å²) in [4.78, 5) is 9.32. The Morgan fingerprint density at radius 2 is 1.36 bits per heavy atom. The van der Waals surface area contributed by atoms with Gasteiger partial charge in [0, 0.05) is 5.56 Å². The smallest absolute Gasteiger partial charge is 0.255 e. The minimum Gasteiger partial charge on any atom is -0.504 e. The molecule has 0 heterocycles. The molecule has 0 atom stereocenters. The van der Waals surface area contributed by atoms with Crippen LogP contribution in [0.5, 0.6) is 11.5 Å². The summed E-state index contributed by atoms with van der Waals surface area (Å²) < 4.78 is 71.7. The van der Waals surface area contributed by atoms with Crippen LogP contribution >= 0.6 is 60.7 Å². The van der Waals surface area contributed by atoms with E-state index in [1.54, 1.807) is 0 Å². The molecule has 2 N–H and O–H groups in total. The van der Waals surface area contributed by atoms with Crippen molar-refractivity contribution in [3.8, 4) is 11.5 Å². The maximum atomic E-state index is 13.5. The van der Waals surface area contributed by atoms with Crippen molar-refractivity contribution < 1.29 is 34.1 Å². The first-order chi connectivity index (χ1) is 13.5. The van der Waals surface area contributed by atoms with Crippen LogP contribution in [-0.2, 0) is 0 Å². The van der Waals surface area contributed by atoms with Crippen LogP contribution in [0.3, 0.4) is 0 Å². The summed E-state index contributed by atoms with van der Waals surface area (Å²) in [6.45, 7) is 0. The van der Waals surface area contributed by atoms with Crippen LogP contribution in [0.4, 0.5) is 25.1 Å². The monoisotopic (exact) mass is 493 g/mol. The molecule has 0 aliphatic carbocycles. The highest BCUT2D eigenvalue weighted by Gasteiger charge is 2.29. The summed E-state index contributed by atoms with van der Waals surface area (Å²) in [7, 11) is 1.25. The van der Waals surface area contributed by atoms with Gasteiger partial charge < -0.3 is 15.2 Å². The van der Waals surface area contributed by atoms with Gasteiger partial charge in [-0.25, -0.2) is 0 Å². The normalized spacial score (nSPS) is 10.8. The number of phenols is 1. The number of phenolic OH excluding ortho intramolecular Hbond substituents is 1. The number of carbonyl (C=O) groups is 1. The van der Waals surface area contributed by atoms with Crippen molar-refractivity contribution in [1.29, 1.82) is 0 Å². The van der Waals surface area contributed by atoms with Gasteiger partial charge in [0.25, 0.3) is 5.91 Å². The Balaban J connectivity index is 2.62. The molecule has 1 amide bonds. The zero-order chi connectivity index (χ0) is 20.8. The molecule has 14 heteroatoms. The molecule has 0 unspecified atom stereocenters. The predicted octanol–water partition coefficient (Wildman–Crippen LogP) is 7.54. The summed E-state index contributed by atoms with van der Waals surface area (Å²) in [5.74, 6) is -1.21. The van der Waals surface area contributed by atoms with E-state index in [1.165, 1.54) is 13.2 Å². The van der Waals surface area contributed by atoms with Crippen LogP contribution < -0.4 is 10.1 Å². The van der Waals surface area contributed by atoms with Gasteiger partial charge in [-0.2, -0.15) is 19.4 Å². The molecule has 0 aliphatic heterocycles. The minimum absolute atomic E-state index is 0.0444. The number of hydrogen-bond donors (Lipinski definition) is 2. The van der Waals surface area contributed by atoms with Crippen molar-refractivity contribution in [1.82, 2.24) is 0 Å². The molecule has 0 radical (unpaired) electrons. The lowest BCUT2D eigenvalue weighted by Gasteiger charge is -2.18. The number of rotatable bonds is 8. The lowest BCUT2D eigenvalue weighted by atomic mass is 10.2. The Bertz CT molecular complexity index is 856. The first-order valence-electron chi connectivity index (χ1n) is 6.82. The molecule has 0 spiro atoms. The van der Waals surface area contributed by atoms with Crippen molar-refractivity contribution in [2.24, 2.45) is 0 Å². The molecule has 28 heavy (non-hydrogen) atoms. The second-order valence-electron chi connectivity index (χ2n) is 4.75. The minimum atomic E-state index is -0.908. The van der Waals surface area contributed by atoms with Gasteiger partial charge in [-0.05, 0) is 18.2 Å². The molecule has 0 saturated heterocycles. The Morgan fingerprint density at radius 1 is 0.893 bits per heavy atom. The summed E-state index contributed by atoms with van der Waals surface area (Å²) >= 11 is -2.84. The summed E-state index contributed by atoms with van der Waals surface area (Å²) in [6.07, 6.45) is 0. The van der Waals surface area contributed by atoms with Gasteiger partial charge >= 0.3 is 0 Å². The molecule has 0 saturated carbocycles. The van der Waals surface area contributed by atoms with Gasteiger partial charge in [-0.1, -0.05) is 0 Å². The number of anilines is 1. The Hall–Kier alpha value is -1.09. The molecule has 0 fully saturated rings. The van der Waals surface area contributed by atoms with E-state index in [-0.39, 0.29) is 17.1 Å². The van der Waals surface area contributed by atoms with Crippen LogP contribution in [0.15, 0.2) is 42.7 Å². The SMILES string of the molecule is COc1cc(C(=O)Nc2c(SF)c(SF)c(SF)c(SF)c2SF)ccc1O. The van der Waals surface area contributed by atoms with Gasteiger partial charge in [0.2, 0.25) is 0 Å². The molecular formula is C14H8F5NO3S5. The molecule has 2 aromatic carbocycles. The van der Waals surface area contributed by atoms with E-state index in [4.69, 9.17) is 4.74 Å². The molecule has 152 valence electrons. The fourth-order valence-electron chi connectivity index (χ4n) is 2.12. The Kier molecular flexibility index (Phi) is 8.80. The van der Waals surface area contributed by atoms with Crippen molar-refractivity contribution in [3.63, 3.8) is 0 Å².